The predicted molar refractivity (Wildman–Crippen MR) is 76.6 cm³/mol. The van der Waals surface area contributed by atoms with Gasteiger partial charge in [-0.05, 0) is 18.9 Å². The van der Waals surface area contributed by atoms with Crippen LogP contribution in [0.2, 0.25) is 5.02 Å². The number of nitrogens with zero attached hydrogens (tertiary/aromatic N) is 1. The van der Waals surface area contributed by atoms with E-state index in [-0.39, 0.29) is 22.4 Å². The van der Waals surface area contributed by atoms with Gasteiger partial charge in [-0.15, -0.1) is 0 Å². The fourth-order valence-corrected chi connectivity index (χ4v) is 2.91. The lowest BCUT2D eigenvalue weighted by Gasteiger charge is -2.36. The van der Waals surface area contributed by atoms with Crippen LogP contribution in [0.1, 0.15) is 23.2 Å². The van der Waals surface area contributed by atoms with E-state index in [0.717, 1.165) is 0 Å². The van der Waals surface area contributed by atoms with Crippen LogP contribution in [0.3, 0.4) is 0 Å². The summed E-state index contributed by atoms with van der Waals surface area (Å²) in [6, 6.07) is 0.814. The zero-order valence-electron chi connectivity index (χ0n) is 11.4. The summed E-state index contributed by atoms with van der Waals surface area (Å²) in [5.41, 5.74) is -1.10. The van der Waals surface area contributed by atoms with Crippen molar-refractivity contribution in [2.45, 2.75) is 18.4 Å². The van der Waals surface area contributed by atoms with Crippen molar-refractivity contribution in [1.82, 2.24) is 20.5 Å². The van der Waals surface area contributed by atoms with E-state index in [4.69, 9.17) is 11.6 Å². The monoisotopic (exact) mass is 324 g/mol. The first kappa shape index (κ1) is 14.6. The van der Waals surface area contributed by atoms with Gasteiger partial charge in [0.25, 0.3) is 17.4 Å². The number of imide groups is 1. The largest absolute Gasteiger partial charge is 0.338 e. The zero-order valence-corrected chi connectivity index (χ0v) is 12.2. The Morgan fingerprint density at radius 3 is 2.45 bits per heavy atom. The minimum Gasteiger partial charge on any atom is -0.338 e. The van der Waals surface area contributed by atoms with E-state index < -0.39 is 17.1 Å². The van der Waals surface area contributed by atoms with Gasteiger partial charge in [-0.25, -0.2) is 4.79 Å². The summed E-state index contributed by atoms with van der Waals surface area (Å²) in [5.74, 6) is -0.630. The number of hydrogen-bond donors (Lipinski definition) is 3. The molecule has 1 spiro atoms. The van der Waals surface area contributed by atoms with Gasteiger partial charge in [0.2, 0.25) is 0 Å². The first-order chi connectivity index (χ1) is 10.4. The molecule has 0 atom stereocenters. The molecule has 1 aromatic heterocycles. The SMILES string of the molecule is O=C1NC(=O)C2(CCN(C(=O)c3c[nH]c(=O)c(Cl)c3)CC2)N1. The summed E-state index contributed by atoms with van der Waals surface area (Å²) in [6.45, 7) is 0.645. The van der Waals surface area contributed by atoms with Crippen LogP contribution in [0, 0.1) is 0 Å². The standard InChI is InChI=1S/C13H13ClN4O4/c14-8-5-7(6-15-9(8)19)10(20)18-3-1-13(2-4-18)11(21)16-12(22)17-13/h5-6H,1-4H2,(H,15,19)(H2,16,17,21,22). The fourth-order valence-electron chi connectivity index (χ4n) is 2.73. The molecule has 4 amide bonds. The molecule has 22 heavy (non-hydrogen) atoms. The predicted octanol–water partition coefficient (Wildman–Crippen LogP) is -0.158. The molecule has 0 bridgehead atoms. The molecule has 3 rings (SSSR count). The molecule has 0 unspecified atom stereocenters. The van der Waals surface area contributed by atoms with Crippen molar-refractivity contribution in [3.63, 3.8) is 0 Å². The average Bonchev–Trinajstić information content (AvgIpc) is 2.76. The van der Waals surface area contributed by atoms with Crippen LogP contribution >= 0.6 is 11.6 Å². The van der Waals surface area contributed by atoms with Gasteiger partial charge in [0.05, 0.1) is 5.56 Å². The number of carbonyl (C=O) groups excluding carboxylic acids is 3. The minimum atomic E-state index is -0.920. The molecule has 116 valence electrons. The summed E-state index contributed by atoms with van der Waals surface area (Å²) >= 11 is 5.72. The number of hydrogen-bond acceptors (Lipinski definition) is 4. The Labute approximate surface area is 129 Å². The number of likely N-dealkylation sites (tertiary alicyclic amines) is 1. The van der Waals surface area contributed by atoms with Gasteiger partial charge in [-0.3, -0.25) is 19.7 Å². The molecule has 2 saturated heterocycles. The topological polar surface area (TPSA) is 111 Å². The van der Waals surface area contributed by atoms with Gasteiger partial charge in [0, 0.05) is 19.3 Å². The van der Waals surface area contributed by atoms with Crippen molar-refractivity contribution in [1.29, 1.82) is 0 Å². The Balaban J connectivity index is 1.72. The highest BCUT2D eigenvalue weighted by molar-refractivity contribution is 6.30. The summed E-state index contributed by atoms with van der Waals surface area (Å²) < 4.78 is 0. The highest BCUT2D eigenvalue weighted by atomic mass is 35.5. The van der Waals surface area contributed by atoms with Crippen LogP contribution in [0.4, 0.5) is 4.79 Å². The maximum atomic E-state index is 12.4. The third kappa shape index (κ3) is 2.35. The molecule has 0 saturated carbocycles. The number of rotatable bonds is 1. The second-order valence-corrected chi connectivity index (χ2v) is 5.76. The lowest BCUT2D eigenvalue weighted by atomic mass is 9.87. The summed E-state index contributed by atoms with van der Waals surface area (Å²) in [4.78, 5) is 50.6. The van der Waals surface area contributed by atoms with E-state index in [1.54, 1.807) is 4.90 Å². The molecular formula is C13H13ClN4O4. The molecule has 0 aromatic carbocycles. The maximum Gasteiger partial charge on any atom is 0.322 e. The summed E-state index contributed by atoms with van der Waals surface area (Å²) in [7, 11) is 0. The molecule has 2 aliphatic rings. The third-order valence-corrected chi connectivity index (χ3v) is 4.30. The van der Waals surface area contributed by atoms with Gasteiger partial charge in [0.1, 0.15) is 10.6 Å². The van der Waals surface area contributed by atoms with Crippen molar-refractivity contribution in [2.24, 2.45) is 0 Å². The third-order valence-electron chi connectivity index (χ3n) is 4.02. The van der Waals surface area contributed by atoms with Crippen molar-refractivity contribution >= 4 is 29.4 Å². The Morgan fingerprint density at radius 2 is 1.91 bits per heavy atom. The molecule has 2 fully saturated rings. The number of aromatic amines is 1. The number of amides is 4. The van der Waals surface area contributed by atoms with Crippen LogP contribution in [0.5, 0.6) is 0 Å². The highest BCUT2D eigenvalue weighted by Gasteiger charge is 2.48. The van der Waals surface area contributed by atoms with E-state index in [0.29, 0.717) is 25.9 Å². The summed E-state index contributed by atoms with van der Waals surface area (Å²) in [6.07, 6.45) is 1.99. The van der Waals surface area contributed by atoms with Crippen LogP contribution < -0.4 is 16.2 Å². The molecule has 3 heterocycles. The highest BCUT2D eigenvalue weighted by Crippen LogP contribution is 2.26. The van der Waals surface area contributed by atoms with Crippen LogP contribution in [-0.4, -0.2) is 46.4 Å². The first-order valence-electron chi connectivity index (χ1n) is 6.72. The van der Waals surface area contributed by atoms with Gasteiger partial charge in [-0.2, -0.15) is 0 Å². The number of halogens is 1. The lowest BCUT2D eigenvalue weighted by Crippen LogP contribution is -2.55. The van der Waals surface area contributed by atoms with E-state index in [1.807, 2.05) is 0 Å². The minimum absolute atomic E-state index is 0.0539. The van der Waals surface area contributed by atoms with Gasteiger partial charge in [-0.1, -0.05) is 11.6 Å². The molecule has 0 aliphatic carbocycles. The number of H-pyrrole nitrogens is 1. The first-order valence-corrected chi connectivity index (χ1v) is 7.10. The summed E-state index contributed by atoms with van der Waals surface area (Å²) in [5, 5.41) is 4.79. The Morgan fingerprint density at radius 1 is 1.23 bits per heavy atom. The number of pyridine rings is 1. The van der Waals surface area contributed by atoms with Crippen molar-refractivity contribution in [3.05, 3.63) is 33.2 Å². The second kappa shape index (κ2) is 5.13. The van der Waals surface area contributed by atoms with Gasteiger partial charge < -0.3 is 15.2 Å². The van der Waals surface area contributed by atoms with Crippen LogP contribution in [0.25, 0.3) is 0 Å². The Bertz CT molecular complexity index is 721. The van der Waals surface area contributed by atoms with Gasteiger partial charge in [0.15, 0.2) is 0 Å². The zero-order chi connectivity index (χ0) is 15.9. The van der Waals surface area contributed by atoms with E-state index in [9.17, 15) is 19.2 Å². The van der Waals surface area contributed by atoms with Crippen LogP contribution in [0.15, 0.2) is 17.1 Å². The number of nitrogens with one attached hydrogen (secondary N) is 3. The van der Waals surface area contributed by atoms with Crippen molar-refractivity contribution < 1.29 is 14.4 Å². The normalized spacial score (nSPS) is 20.0. The smallest absolute Gasteiger partial charge is 0.322 e. The Kier molecular flexibility index (Phi) is 3.40. The number of piperidine rings is 1. The number of carbonyl (C=O) groups is 3. The second-order valence-electron chi connectivity index (χ2n) is 5.35. The van der Waals surface area contributed by atoms with E-state index in [1.165, 1.54) is 12.3 Å². The van der Waals surface area contributed by atoms with E-state index >= 15 is 0 Å². The number of urea groups is 1. The van der Waals surface area contributed by atoms with Gasteiger partial charge >= 0.3 is 6.03 Å². The average molecular weight is 325 g/mol. The molecular weight excluding hydrogens is 312 g/mol. The Hall–Kier alpha value is -2.35. The lowest BCUT2D eigenvalue weighted by molar-refractivity contribution is -0.125. The molecule has 9 heteroatoms. The quantitative estimate of drug-likeness (QED) is 0.623. The molecule has 3 N–H and O–H groups in total. The number of aromatic nitrogens is 1. The molecule has 1 aromatic rings. The van der Waals surface area contributed by atoms with Crippen LogP contribution in [-0.2, 0) is 4.79 Å². The fraction of sp³-hybridized carbons (Fsp3) is 0.385. The van der Waals surface area contributed by atoms with Crippen molar-refractivity contribution in [2.75, 3.05) is 13.1 Å². The molecule has 0 radical (unpaired) electrons. The van der Waals surface area contributed by atoms with E-state index in [2.05, 4.69) is 15.6 Å². The van der Waals surface area contributed by atoms with Crippen molar-refractivity contribution in [3.8, 4) is 0 Å². The molecule has 2 aliphatic heterocycles. The maximum absolute atomic E-state index is 12.4. The molecule has 8 nitrogen and oxygen atoms in total.